The molecule has 1 amide bonds. The second-order valence-electron chi connectivity index (χ2n) is 7.04. The van der Waals surface area contributed by atoms with Crippen LogP contribution >= 0.6 is 38.6 Å². The number of nitrogens with one attached hydrogen (secondary N) is 1. The van der Waals surface area contributed by atoms with Gasteiger partial charge in [-0.05, 0) is 59.1 Å². The van der Waals surface area contributed by atoms with Gasteiger partial charge in [0, 0.05) is 39.3 Å². The molecular formula is C20H23BrN4OS2. The van der Waals surface area contributed by atoms with Crippen LogP contribution in [0.25, 0.3) is 10.2 Å². The molecule has 1 saturated heterocycles. The molecule has 3 heterocycles. The van der Waals surface area contributed by atoms with E-state index in [9.17, 15) is 4.79 Å². The average molecular weight is 479 g/mol. The number of fused-ring (bicyclic) bond motifs is 1. The van der Waals surface area contributed by atoms with Gasteiger partial charge >= 0.3 is 0 Å². The molecule has 1 N–H and O–H groups in total. The first-order valence-electron chi connectivity index (χ1n) is 9.39. The minimum Gasteiger partial charge on any atom is -0.350 e. The number of halogens is 1. The van der Waals surface area contributed by atoms with Crippen LogP contribution in [0.1, 0.15) is 20.8 Å². The predicted molar refractivity (Wildman–Crippen MR) is 122 cm³/mol. The molecule has 0 aliphatic carbocycles. The summed E-state index contributed by atoms with van der Waals surface area (Å²) in [6.07, 6.45) is 0. The van der Waals surface area contributed by atoms with Crippen molar-refractivity contribution < 1.29 is 4.79 Å². The molecule has 1 fully saturated rings. The summed E-state index contributed by atoms with van der Waals surface area (Å²) in [5, 5.41) is 4.14. The Morgan fingerprint density at radius 3 is 2.64 bits per heavy atom. The average Bonchev–Trinajstić information content (AvgIpc) is 3.32. The van der Waals surface area contributed by atoms with Gasteiger partial charge in [0.25, 0.3) is 5.91 Å². The van der Waals surface area contributed by atoms with Crippen molar-refractivity contribution in [3.05, 3.63) is 44.1 Å². The SMILES string of the molecule is Cc1ccc2sc(N3CCN(CCNC(=O)c4ccc(Br)s4)CC3)nc2c1C. The molecule has 0 spiro atoms. The monoisotopic (exact) mass is 478 g/mol. The second kappa shape index (κ2) is 8.49. The zero-order valence-corrected chi connectivity index (χ0v) is 19.2. The Morgan fingerprint density at radius 1 is 1.14 bits per heavy atom. The summed E-state index contributed by atoms with van der Waals surface area (Å²) in [6.45, 7) is 9.79. The van der Waals surface area contributed by atoms with Gasteiger partial charge in [-0.2, -0.15) is 0 Å². The van der Waals surface area contributed by atoms with Crippen molar-refractivity contribution in [1.82, 2.24) is 15.2 Å². The van der Waals surface area contributed by atoms with E-state index in [0.717, 1.165) is 52.0 Å². The van der Waals surface area contributed by atoms with Crippen molar-refractivity contribution in [3.8, 4) is 0 Å². The first-order valence-corrected chi connectivity index (χ1v) is 11.8. The Bertz CT molecular complexity index is 991. The fourth-order valence-electron chi connectivity index (χ4n) is 3.36. The minimum atomic E-state index is 0.00877. The van der Waals surface area contributed by atoms with E-state index >= 15 is 0 Å². The van der Waals surface area contributed by atoms with Gasteiger partial charge in [-0.3, -0.25) is 9.69 Å². The third-order valence-corrected chi connectivity index (χ3v) is 7.93. The maximum atomic E-state index is 12.1. The summed E-state index contributed by atoms with van der Waals surface area (Å²) in [6, 6.07) is 8.12. The zero-order valence-electron chi connectivity index (χ0n) is 16.0. The molecular weight excluding hydrogens is 456 g/mol. The number of nitrogens with zero attached hydrogens (tertiary/aromatic N) is 3. The Kier molecular flexibility index (Phi) is 6.01. The first-order chi connectivity index (χ1) is 13.5. The molecule has 0 bridgehead atoms. The second-order valence-corrected chi connectivity index (χ2v) is 10.5. The molecule has 1 aromatic carbocycles. The van der Waals surface area contributed by atoms with Crippen LogP contribution in [-0.4, -0.2) is 55.1 Å². The van der Waals surface area contributed by atoms with Crippen molar-refractivity contribution in [2.24, 2.45) is 0 Å². The molecule has 4 rings (SSSR count). The van der Waals surface area contributed by atoms with Crippen molar-refractivity contribution >= 4 is 59.9 Å². The maximum absolute atomic E-state index is 12.1. The molecule has 2 aromatic heterocycles. The normalized spacial score (nSPS) is 15.3. The summed E-state index contributed by atoms with van der Waals surface area (Å²) < 4.78 is 2.25. The summed E-state index contributed by atoms with van der Waals surface area (Å²) >= 11 is 6.64. The largest absolute Gasteiger partial charge is 0.350 e. The van der Waals surface area contributed by atoms with Gasteiger partial charge in [0.2, 0.25) is 0 Å². The highest BCUT2D eigenvalue weighted by atomic mass is 79.9. The highest BCUT2D eigenvalue weighted by Gasteiger charge is 2.20. The number of thiazole rings is 1. The minimum absolute atomic E-state index is 0.00877. The van der Waals surface area contributed by atoms with E-state index in [1.54, 1.807) is 11.3 Å². The number of amides is 1. The quantitative estimate of drug-likeness (QED) is 0.593. The number of benzene rings is 1. The predicted octanol–water partition coefficient (Wildman–Crippen LogP) is 4.29. The summed E-state index contributed by atoms with van der Waals surface area (Å²) in [5.41, 5.74) is 3.73. The fraction of sp³-hybridized carbons (Fsp3) is 0.400. The molecule has 0 radical (unpaired) electrons. The topological polar surface area (TPSA) is 48.5 Å². The van der Waals surface area contributed by atoms with Gasteiger partial charge in [-0.1, -0.05) is 17.4 Å². The maximum Gasteiger partial charge on any atom is 0.261 e. The lowest BCUT2D eigenvalue weighted by atomic mass is 10.1. The number of anilines is 1. The Balaban J connectivity index is 1.28. The van der Waals surface area contributed by atoms with E-state index in [2.05, 4.69) is 57.0 Å². The lowest BCUT2D eigenvalue weighted by Gasteiger charge is -2.34. The number of hydrogen-bond acceptors (Lipinski definition) is 6. The van der Waals surface area contributed by atoms with E-state index < -0.39 is 0 Å². The van der Waals surface area contributed by atoms with E-state index in [-0.39, 0.29) is 5.91 Å². The van der Waals surface area contributed by atoms with Crippen molar-refractivity contribution in [1.29, 1.82) is 0 Å². The van der Waals surface area contributed by atoms with Gasteiger partial charge in [0.1, 0.15) is 0 Å². The summed E-state index contributed by atoms with van der Waals surface area (Å²) in [7, 11) is 0. The standard InChI is InChI=1S/C20H23BrN4OS2/c1-13-3-4-15-18(14(13)2)23-20(28-15)25-11-9-24(10-12-25)8-7-22-19(26)16-5-6-17(21)27-16/h3-6H,7-12H2,1-2H3,(H,22,26). The summed E-state index contributed by atoms with van der Waals surface area (Å²) in [4.78, 5) is 22.6. The smallest absolute Gasteiger partial charge is 0.261 e. The van der Waals surface area contributed by atoms with Gasteiger partial charge in [-0.25, -0.2) is 4.98 Å². The molecule has 0 saturated carbocycles. The van der Waals surface area contributed by atoms with Gasteiger partial charge < -0.3 is 10.2 Å². The number of aromatic nitrogens is 1. The van der Waals surface area contributed by atoms with Crippen LogP contribution in [0.5, 0.6) is 0 Å². The third-order valence-electron chi connectivity index (χ3n) is 5.23. The van der Waals surface area contributed by atoms with Crippen molar-refractivity contribution in [2.45, 2.75) is 13.8 Å². The molecule has 1 aliphatic heterocycles. The van der Waals surface area contributed by atoms with Crippen LogP contribution in [0.2, 0.25) is 0 Å². The number of rotatable bonds is 5. The number of aryl methyl sites for hydroxylation is 2. The third kappa shape index (κ3) is 4.25. The zero-order chi connectivity index (χ0) is 19.7. The molecule has 1 aliphatic rings. The molecule has 148 valence electrons. The number of carbonyl (C=O) groups is 1. The molecule has 0 unspecified atom stereocenters. The highest BCUT2D eigenvalue weighted by molar-refractivity contribution is 9.11. The number of thiophene rings is 1. The summed E-state index contributed by atoms with van der Waals surface area (Å²) in [5.74, 6) is 0.00877. The molecule has 5 nitrogen and oxygen atoms in total. The molecule has 28 heavy (non-hydrogen) atoms. The van der Waals surface area contributed by atoms with E-state index in [1.165, 1.54) is 27.2 Å². The van der Waals surface area contributed by atoms with Gasteiger partial charge in [0.15, 0.2) is 5.13 Å². The fourth-order valence-corrected chi connectivity index (χ4v) is 5.74. The molecule has 3 aromatic rings. The van der Waals surface area contributed by atoms with Crippen molar-refractivity contribution in [2.75, 3.05) is 44.2 Å². The first kappa shape index (κ1) is 19.8. The van der Waals surface area contributed by atoms with Crippen LogP contribution in [0.3, 0.4) is 0 Å². The van der Waals surface area contributed by atoms with Crippen LogP contribution < -0.4 is 10.2 Å². The Labute approximate surface area is 181 Å². The van der Waals surface area contributed by atoms with Gasteiger partial charge in [0.05, 0.1) is 18.9 Å². The number of carbonyl (C=O) groups excluding carboxylic acids is 1. The van der Waals surface area contributed by atoms with Crippen LogP contribution in [0.4, 0.5) is 5.13 Å². The number of hydrogen-bond donors (Lipinski definition) is 1. The van der Waals surface area contributed by atoms with Crippen LogP contribution in [0, 0.1) is 13.8 Å². The van der Waals surface area contributed by atoms with E-state index in [4.69, 9.17) is 4.98 Å². The van der Waals surface area contributed by atoms with Gasteiger partial charge in [-0.15, -0.1) is 11.3 Å². The molecule has 0 atom stereocenters. The Hall–Kier alpha value is -1.48. The lowest BCUT2D eigenvalue weighted by molar-refractivity contribution is 0.0952. The Morgan fingerprint density at radius 2 is 1.93 bits per heavy atom. The highest BCUT2D eigenvalue weighted by Crippen LogP contribution is 2.32. The van der Waals surface area contributed by atoms with Crippen LogP contribution in [-0.2, 0) is 0 Å². The van der Waals surface area contributed by atoms with E-state index in [0.29, 0.717) is 6.54 Å². The number of piperazine rings is 1. The van der Waals surface area contributed by atoms with Crippen molar-refractivity contribution in [3.63, 3.8) is 0 Å². The van der Waals surface area contributed by atoms with E-state index in [1.807, 2.05) is 12.1 Å². The van der Waals surface area contributed by atoms with Crippen LogP contribution in [0.15, 0.2) is 28.1 Å². The molecule has 8 heteroatoms. The lowest BCUT2D eigenvalue weighted by Crippen LogP contribution is -2.48.